The first-order chi connectivity index (χ1) is 12.6. The van der Waals surface area contributed by atoms with E-state index in [-0.39, 0.29) is 23.7 Å². The van der Waals surface area contributed by atoms with Crippen molar-refractivity contribution in [3.05, 3.63) is 42.0 Å². The van der Waals surface area contributed by atoms with Crippen LogP contribution in [0.2, 0.25) is 0 Å². The Morgan fingerprint density at radius 2 is 2.08 bits per heavy atom. The van der Waals surface area contributed by atoms with Crippen molar-refractivity contribution in [1.82, 2.24) is 9.78 Å². The topological polar surface area (TPSA) is 50.6 Å². The molecule has 0 unspecified atom stereocenters. The molecule has 1 aromatic carbocycles. The number of ether oxygens (including phenoxy) is 1. The van der Waals surface area contributed by atoms with Crippen LogP contribution in [0.3, 0.4) is 0 Å². The third kappa shape index (κ3) is 2.86. The molecule has 2 aromatic rings. The number of anilines is 2. The van der Waals surface area contributed by atoms with Crippen molar-refractivity contribution in [2.45, 2.75) is 18.9 Å². The van der Waals surface area contributed by atoms with E-state index in [9.17, 15) is 9.18 Å². The van der Waals surface area contributed by atoms with E-state index in [0.29, 0.717) is 19.7 Å². The van der Waals surface area contributed by atoms with Crippen LogP contribution in [0.4, 0.5) is 15.8 Å². The molecule has 1 fully saturated rings. The molecule has 0 spiro atoms. The fourth-order valence-corrected chi connectivity index (χ4v) is 3.94. The monoisotopic (exact) mass is 358 g/mol. The third-order valence-corrected chi connectivity index (χ3v) is 5.35. The van der Waals surface area contributed by atoms with E-state index in [1.54, 1.807) is 21.8 Å². The smallest absolute Gasteiger partial charge is 0.233 e. The molecule has 2 atom stereocenters. The first kappa shape index (κ1) is 17.0. The normalized spacial score (nSPS) is 23.0. The Kier molecular flexibility index (Phi) is 4.40. The molecule has 138 valence electrons. The zero-order chi connectivity index (χ0) is 18.3. The molecule has 26 heavy (non-hydrogen) atoms. The minimum Gasteiger partial charge on any atom is -0.371 e. The minimum atomic E-state index is -0.299. The van der Waals surface area contributed by atoms with Crippen molar-refractivity contribution >= 4 is 17.3 Å². The molecule has 2 aliphatic heterocycles. The molecule has 6 nitrogen and oxygen atoms in total. The number of hydrogen-bond donors (Lipinski definition) is 0. The van der Waals surface area contributed by atoms with Gasteiger partial charge < -0.3 is 14.5 Å². The molecule has 4 rings (SSSR count). The number of fused-ring (bicyclic) bond motifs is 1. The number of likely N-dealkylation sites (N-methyl/N-ethyl adjacent to an activating group) is 1. The number of halogens is 1. The van der Waals surface area contributed by atoms with Gasteiger partial charge in [-0.2, -0.15) is 5.10 Å². The van der Waals surface area contributed by atoms with E-state index in [0.717, 1.165) is 29.9 Å². The molecule has 2 aliphatic rings. The second kappa shape index (κ2) is 6.72. The van der Waals surface area contributed by atoms with Crippen molar-refractivity contribution in [2.24, 2.45) is 13.0 Å². The van der Waals surface area contributed by atoms with E-state index in [2.05, 4.69) is 5.10 Å². The van der Waals surface area contributed by atoms with Gasteiger partial charge in [0.2, 0.25) is 5.91 Å². The number of carbonyl (C=O) groups is 1. The number of amides is 1. The predicted octanol–water partition coefficient (Wildman–Crippen LogP) is 2.51. The highest BCUT2D eigenvalue weighted by Crippen LogP contribution is 2.39. The Balaban J connectivity index is 1.66. The van der Waals surface area contributed by atoms with Crippen molar-refractivity contribution in [3.63, 3.8) is 0 Å². The predicted molar refractivity (Wildman–Crippen MR) is 96.6 cm³/mol. The Bertz CT molecular complexity index is 822. The van der Waals surface area contributed by atoms with Crippen LogP contribution in [0.5, 0.6) is 0 Å². The summed E-state index contributed by atoms with van der Waals surface area (Å²) in [5, 5.41) is 4.22. The van der Waals surface area contributed by atoms with Crippen molar-refractivity contribution in [1.29, 1.82) is 0 Å². The second-order valence-electron chi connectivity index (χ2n) is 6.96. The summed E-state index contributed by atoms with van der Waals surface area (Å²) in [6.07, 6.45) is 3.06. The van der Waals surface area contributed by atoms with Gasteiger partial charge in [-0.25, -0.2) is 4.39 Å². The van der Waals surface area contributed by atoms with Crippen LogP contribution in [0.15, 0.2) is 30.5 Å². The first-order valence-corrected chi connectivity index (χ1v) is 8.98. The maximum absolute atomic E-state index is 13.7. The summed E-state index contributed by atoms with van der Waals surface area (Å²) in [5.74, 6) is -0.518. The lowest BCUT2D eigenvalue weighted by atomic mass is 9.90. The third-order valence-electron chi connectivity index (χ3n) is 5.35. The zero-order valence-electron chi connectivity index (χ0n) is 15.1. The number of rotatable bonds is 2. The maximum atomic E-state index is 13.7. The quantitative estimate of drug-likeness (QED) is 0.828. The summed E-state index contributed by atoms with van der Waals surface area (Å²) in [6, 6.07) is 6.50. The highest BCUT2D eigenvalue weighted by molar-refractivity contribution is 5.99. The lowest BCUT2D eigenvalue weighted by molar-refractivity contribution is -0.132. The molecule has 0 aliphatic carbocycles. The Morgan fingerprint density at radius 1 is 1.23 bits per heavy atom. The molecular weight excluding hydrogens is 335 g/mol. The van der Waals surface area contributed by atoms with E-state index in [1.165, 1.54) is 12.1 Å². The summed E-state index contributed by atoms with van der Waals surface area (Å²) < 4.78 is 21.4. The average molecular weight is 358 g/mol. The molecule has 0 saturated carbocycles. The number of nitrogens with zero attached hydrogens (tertiary/aromatic N) is 4. The van der Waals surface area contributed by atoms with Gasteiger partial charge in [-0.05, 0) is 37.1 Å². The van der Waals surface area contributed by atoms with Gasteiger partial charge in [0, 0.05) is 40.0 Å². The van der Waals surface area contributed by atoms with Crippen molar-refractivity contribution < 1.29 is 13.9 Å². The molecule has 1 aromatic heterocycles. The van der Waals surface area contributed by atoms with Gasteiger partial charge in [-0.15, -0.1) is 0 Å². The van der Waals surface area contributed by atoms with Crippen LogP contribution in [-0.2, 0) is 16.6 Å². The van der Waals surface area contributed by atoms with Gasteiger partial charge in [0.1, 0.15) is 11.9 Å². The summed E-state index contributed by atoms with van der Waals surface area (Å²) in [4.78, 5) is 17.2. The van der Waals surface area contributed by atoms with E-state index >= 15 is 0 Å². The van der Waals surface area contributed by atoms with Crippen LogP contribution >= 0.6 is 0 Å². The maximum Gasteiger partial charge on any atom is 0.233 e. The number of carbonyl (C=O) groups excluding carboxylic acids is 1. The average Bonchev–Trinajstić information content (AvgIpc) is 3.08. The number of aryl methyl sites for hydroxylation is 1. The SMILES string of the molecule is CN1CCN(C(=O)[C@@H]2CCCO[C@H]2c2ccnn2C)c2ccc(F)cc21. The fourth-order valence-electron chi connectivity index (χ4n) is 3.94. The molecule has 0 bridgehead atoms. The summed E-state index contributed by atoms with van der Waals surface area (Å²) in [6.45, 7) is 1.90. The minimum absolute atomic E-state index is 0.0388. The molecule has 0 radical (unpaired) electrons. The molecule has 7 heteroatoms. The molecule has 1 saturated heterocycles. The van der Waals surface area contributed by atoms with Gasteiger partial charge in [-0.3, -0.25) is 9.48 Å². The molecule has 0 N–H and O–H groups in total. The van der Waals surface area contributed by atoms with Crippen LogP contribution in [-0.4, -0.2) is 42.4 Å². The van der Waals surface area contributed by atoms with Gasteiger partial charge >= 0.3 is 0 Å². The van der Waals surface area contributed by atoms with Gasteiger partial charge in [0.25, 0.3) is 0 Å². The van der Waals surface area contributed by atoms with Crippen LogP contribution in [0, 0.1) is 11.7 Å². The lowest BCUT2D eigenvalue weighted by Crippen LogP contribution is -2.47. The largest absolute Gasteiger partial charge is 0.371 e. The molecule has 3 heterocycles. The Hall–Kier alpha value is -2.41. The van der Waals surface area contributed by atoms with E-state index < -0.39 is 0 Å². The van der Waals surface area contributed by atoms with Crippen LogP contribution in [0.25, 0.3) is 0 Å². The lowest BCUT2D eigenvalue weighted by Gasteiger charge is -2.39. The standard InChI is InChI=1S/C19H23FN4O2/c1-22-9-10-24(15-6-5-13(20)12-17(15)22)19(25)14-4-3-11-26-18(14)16-7-8-21-23(16)2/h5-8,12,14,18H,3-4,9-11H2,1-2H3/t14-,18-/m1/s1. The summed E-state index contributed by atoms with van der Waals surface area (Å²) >= 11 is 0. The summed E-state index contributed by atoms with van der Waals surface area (Å²) in [7, 11) is 3.78. The second-order valence-corrected chi connectivity index (χ2v) is 6.96. The van der Waals surface area contributed by atoms with Gasteiger partial charge in [-0.1, -0.05) is 0 Å². The van der Waals surface area contributed by atoms with E-state index in [4.69, 9.17) is 4.74 Å². The fraction of sp³-hybridized carbons (Fsp3) is 0.474. The zero-order valence-corrected chi connectivity index (χ0v) is 15.1. The van der Waals surface area contributed by atoms with Crippen LogP contribution in [0.1, 0.15) is 24.6 Å². The Labute approximate surface area is 152 Å². The Morgan fingerprint density at radius 3 is 2.85 bits per heavy atom. The number of benzene rings is 1. The van der Waals surface area contributed by atoms with Gasteiger partial charge in [0.15, 0.2) is 0 Å². The van der Waals surface area contributed by atoms with Crippen molar-refractivity contribution in [2.75, 3.05) is 36.5 Å². The van der Waals surface area contributed by atoms with Crippen molar-refractivity contribution in [3.8, 4) is 0 Å². The van der Waals surface area contributed by atoms with Gasteiger partial charge in [0.05, 0.1) is 23.0 Å². The summed E-state index contributed by atoms with van der Waals surface area (Å²) in [5.41, 5.74) is 2.43. The first-order valence-electron chi connectivity index (χ1n) is 8.98. The highest BCUT2D eigenvalue weighted by atomic mass is 19.1. The molecular formula is C19H23FN4O2. The van der Waals surface area contributed by atoms with Crippen LogP contribution < -0.4 is 9.80 Å². The highest BCUT2D eigenvalue weighted by Gasteiger charge is 2.39. The van der Waals surface area contributed by atoms with E-state index in [1.807, 2.05) is 25.1 Å². The number of hydrogen-bond acceptors (Lipinski definition) is 4. The molecule has 1 amide bonds. The number of aromatic nitrogens is 2.